The minimum Gasteiger partial charge on any atom is -0.368 e. The maximum atomic E-state index is 12.5. The van der Waals surface area contributed by atoms with E-state index in [1.807, 2.05) is 24.3 Å². The number of hydrogen-bond acceptors (Lipinski definition) is 5. The lowest BCUT2D eigenvalue weighted by Gasteiger charge is -2.34. The van der Waals surface area contributed by atoms with E-state index < -0.39 is 5.60 Å². The lowest BCUT2D eigenvalue weighted by atomic mass is 9.91. The second kappa shape index (κ2) is 7.42. The molecule has 1 aromatic heterocycles. The minimum atomic E-state index is -0.750. The van der Waals surface area contributed by atoms with Crippen LogP contribution in [-0.4, -0.2) is 46.9 Å². The van der Waals surface area contributed by atoms with Gasteiger partial charge in [0, 0.05) is 17.1 Å². The molecule has 3 rings (SSSR count). The van der Waals surface area contributed by atoms with Gasteiger partial charge >= 0.3 is 0 Å². The Morgan fingerprint density at radius 3 is 2.71 bits per heavy atom. The number of hydrogen-bond donors (Lipinski definition) is 3. The van der Waals surface area contributed by atoms with Crippen molar-refractivity contribution in [3.8, 4) is 11.4 Å². The van der Waals surface area contributed by atoms with E-state index in [1.165, 1.54) is 0 Å². The molecule has 0 unspecified atom stereocenters. The van der Waals surface area contributed by atoms with Crippen molar-refractivity contribution in [2.75, 3.05) is 20.2 Å². The summed E-state index contributed by atoms with van der Waals surface area (Å²) in [5.74, 6) is 1.12. The maximum absolute atomic E-state index is 12.5. The Labute approximate surface area is 148 Å². The zero-order valence-electron chi connectivity index (χ0n) is 13.4. The van der Waals surface area contributed by atoms with Gasteiger partial charge in [-0.25, -0.2) is 4.98 Å². The summed E-state index contributed by atoms with van der Waals surface area (Å²) >= 11 is 3.40. The Hall–Kier alpha value is -1.77. The van der Waals surface area contributed by atoms with E-state index in [0.717, 1.165) is 23.1 Å². The van der Waals surface area contributed by atoms with Crippen LogP contribution in [0, 0.1) is 0 Å². The van der Waals surface area contributed by atoms with Gasteiger partial charge in [-0.05, 0) is 38.1 Å². The van der Waals surface area contributed by atoms with Crippen molar-refractivity contribution in [3.63, 3.8) is 0 Å². The Kier molecular flexibility index (Phi) is 5.27. The molecular formula is C16H20BrN5O2. The summed E-state index contributed by atoms with van der Waals surface area (Å²) in [4.78, 5) is 16.9. The van der Waals surface area contributed by atoms with E-state index in [0.29, 0.717) is 31.0 Å². The monoisotopic (exact) mass is 393 g/mol. The summed E-state index contributed by atoms with van der Waals surface area (Å²) in [5, 5.41) is 13.2. The summed E-state index contributed by atoms with van der Waals surface area (Å²) < 4.78 is 6.51. The molecule has 24 heavy (non-hydrogen) atoms. The van der Waals surface area contributed by atoms with Gasteiger partial charge < -0.3 is 15.4 Å². The summed E-state index contributed by atoms with van der Waals surface area (Å²) in [6.07, 6.45) is 1.33. The molecule has 128 valence electrons. The number of nitrogens with one attached hydrogen (secondary N) is 3. The number of nitrogens with zero attached hydrogens (tertiary/aromatic N) is 2. The molecule has 1 amide bonds. The van der Waals surface area contributed by atoms with Crippen LogP contribution in [0.1, 0.15) is 18.7 Å². The van der Waals surface area contributed by atoms with Gasteiger partial charge in [0.25, 0.3) is 5.91 Å². The highest BCUT2D eigenvalue weighted by molar-refractivity contribution is 9.10. The van der Waals surface area contributed by atoms with Crippen LogP contribution >= 0.6 is 15.9 Å². The Bertz CT molecular complexity index is 695. The number of benzene rings is 1. The van der Waals surface area contributed by atoms with Crippen molar-refractivity contribution in [3.05, 3.63) is 34.6 Å². The Morgan fingerprint density at radius 1 is 1.33 bits per heavy atom. The van der Waals surface area contributed by atoms with E-state index in [9.17, 15) is 4.79 Å². The van der Waals surface area contributed by atoms with E-state index in [-0.39, 0.29) is 5.91 Å². The fraction of sp³-hybridized carbons (Fsp3) is 0.438. The number of amides is 1. The topological polar surface area (TPSA) is 91.9 Å². The Balaban J connectivity index is 1.62. The summed E-state index contributed by atoms with van der Waals surface area (Å²) in [7, 11) is 1.59. The molecule has 1 fully saturated rings. The lowest BCUT2D eigenvalue weighted by molar-refractivity contribution is -0.146. The highest BCUT2D eigenvalue weighted by atomic mass is 79.9. The number of aromatic nitrogens is 3. The molecule has 2 aromatic rings. The fourth-order valence-corrected chi connectivity index (χ4v) is 3.05. The average molecular weight is 394 g/mol. The maximum Gasteiger partial charge on any atom is 0.252 e. The number of methoxy groups -OCH3 is 1. The first kappa shape index (κ1) is 17.1. The predicted octanol–water partition coefficient (Wildman–Crippen LogP) is 1.62. The SMILES string of the molecule is COC1(C(=O)NCc2nc(-c3ccc(Br)cc3)n[nH]2)CCNCC1. The molecule has 3 N–H and O–H groups in total. The third-order valence-corrected chi connectivity index (χ3v) is 4.79. The number of aromatic amines is 1. The highest BCUT2D eigenvalue weighted by Crippen LogP contribution is 2.23. The molecule has 7 nitrogen and oxygen atoms in total. The van der Waals surface area contributed by atoms with Gasteiger partial charge in [0.05, 0.1) is 6.54 Å². The molecule has 0 atom stereocenters. The third-order valence-electron chi connectivity index (χ3n) is 4.27. The first-order valence-corrected chi connectivity index (χ1v) is 8.64. The van der Waals surface area contributed by atoms with Crippen LogP contribution < -0.4 is 10.6 Å². The largest absolute Gasteiger partial charge is 0.368 e. The number of carbonyl (C=O) groups excluding carboxylic acids is 1. The van der Waals surface area contributed by atoms with E-state index >= 15 is 0 Å². The van der Waals surface area contributed by atoms with Gasteiger partial charge in [0.2, 0.25) is 0 Å². The highest BCUT2D eigenvalue weighted by Gasteiger charge is 2.39. The zero-order chi connectivity index (χ0) is 17.0. The summed E-state index contributed by atoms with van der Waals surface area (Å²) in [5.41, 5.74) is 0.165. The van der Waals surface area contributed by atoms with Crippen LogP contribution in [0.4, 0.5) is 0 Å². The van der Waals surface area contributed by atoms with Crippen LogP contribution in [0.25, 0.3) is 11.4 Å². The lowest BCUT2D eigenvalue weighted by Crippen LogP contribution is -2.54. The number of halogens is 1. The van der Waals surface area contributed by atoms with Crippen molar-refractivity contribution in [1.82, 2.24) is 25.8 Å². The molecule has 0 bridgehead atoms. The van der Waals surface area contributed by atoms with Crippen molar-refractivity contribution >= 4 is 21.8 Å². The number of ether oxygens (including phenoxy) is 1. The van der Waals surface area contributed by atoms with Crippen LogP contribution in [-0.2, 0) is 16.1 Å². The van der Waals surface area contributed by atoms with E-state index in [4.69, 9.17) is 4.74 Å². The van der Waals surface area contributed by atoms with Gasteiger partial charge in [-0.1, -0.05) is 28.1 Å². The van der Waals surface area contributed by atoms with Crippen molar-refractivity contribution in [2.45, 2.75) is 25.0 Å². The predicted molar refractivity (Wildman–Crippen MR) is 93.2 cm³/mol. The number of piperidine rings is 1. The molecule has 8 heteroatoms. The van der Waals surface area contributed by atoms with Gasteiger partial charge in [0.15, 0.2) is 5.82 Å². The first-order valence-electron chi connectivity index (χ1n) is 7.84. The van der Waals surface area contributed by atoms with Crippen LogP contribution in [0.2, 0.25) is 0 Å². The van der Waals surface area contributed by atoms with Gasteiger partial charge in [-0.15, -0.1) is 0 Å². The van der Waals surface area contributed by atoms with E-state index in [2.05, 4.69) is 41.7 Å². The molecule has 1 aliphatic heterocycles. The van der Waals surface area contributed by atoms with Gasteiger partial charge in [-0.2, -0.15) is 5.10 Å². The quantitative estimate of drug-likeness (QED) is 0.717. The molecule has 2 heterocycles. The molecule has 1 saturated heterocycles. The van der Waals surface area contributed by atoms with Gasteiger partial charge in [0.1, 0.15) is 11.4 Å². The standard InChI is InChI=1S/C16H20BrN5O2/c1-24-16(6-8-18-9-7-16)15(23)19-10-13-20-14(22-21-13)11-2-4-12(17)5-3-11/h2-5,18H,6-10H2,1H3,(H,19,23)(H,20,21,22). The second-order valence-corrected chi connectivity index (χ2v) is 6.66. The smallest absolute Gasteiger partial charge is 0.252 e. The number of H-pyrrole nitrogens is 1. The molecule has 0 aliphatic carbocycles. The second-order valence-electron chi connectivity index (χ2n) is 5.74. The molecular weight excluding hydrogens is 374 g/mol. The minimum absolute atomic E-state index is 0.104. The van der Waals surface area contributed by atoms with Crippen LogP contribution in [0.15, 0.2) is 28.7 Å². The molecule has 0 spiro atoms. The Morgan fingerprint density at radius 2 is 2.04 bits per heavy atom. The summed E-state index contributed by atoms with van der Waals surface area (Å²) in [6, 6.07) is 7.74. The van der Waals surface area contributed by atoms with Crippen LogP contribution in [0.5, 0.6) is 0 Å². The zero-order valence-corrected chi connectivity index (χ0v) is 15.0. The first-order chi connectivity index (χ1) is 11.6. The molecule has 0 radical (unpaired) electrons. The molecule has 1 aliphatic rings. The average Bonchev–Trinajstić information content (AvgIpc) is 3.10. The number of carbonyl (C=O) groups is 1. The normalized spacial score (nSPS) is 16.8. The third kappa shape index (κ3) is 3.66. The molecule has 0 saturated carbocycles. The van der Waals surface area contributed by atoms with E-state index in [1.54, 1.807) is 7.11 Å². The summed E-state index contributed by atoms with van der Waals surface area (Å²) in [6.45, 7) is 1.84. The van der Waals surface area contributed by atoms with Crippen molar-refractivity contribution in [2.24, 2.45) is 0 Å². The molecule has 1 aromatic carbocycles. The van der Waals surface area contributed by atoms with Crippen LogP contribution in [0.3, 0.4) is 0 Å². The fourth-order valence-electron chi connectivity index (χ4n) is 2.78. The van der Waals surface area contributed by atoms with Crippen molar-refractivity contribution < 1.29 is 9.53 Å². The van der Waals surface area contributed by atoms with Crippen molar-refractivity contribution in [1.29, 1.82) is 0 Å². The van der Waals surface area contributed by atoms with Gasteiger partial charge in [-0.3, -0.25) is 9.89 Å². The number of rotatable bonds is 5.